The number of carbonyl (C=O) groups excluding carboxylic acids is 1. The summed E-state index contributed by atoms with van der Waals surface area (Å²) in [5.74, 6) is -0.178. The molecule has 0 radical (unpaired) electrons. The number of nitrogens with zero attached hydrogens (tertiary/aromatic N) is 2. The molecule has 0 spiro atoms. The predicted octanol–water partition coefficient (Wildman–Crippen LogP) is 3.04. The summed E-state index contributed by atoms with van der Waals surface area (Å²) < 4.78 is 27.9. The second kappa shape index (κ2) is 8.23. The van der Waals surface area contributed by atoms with E-state index >= 15 is 0 Å². The maximum absolute atomic E-state index is 12.7. The molecule has 6 nitrogen and oxygen atoms in total. The van der Waals surface area contributed by atoms with E-state index in [9.17, 15) is 13.2 Å². The molecular weight excluding hydrogens is 350 g/mol. The van der Waals surface area contributed by atoms with E-state index in [0.29, 0.717) is 24.3 Å². The van der Waals surface area contributed by atoms with Crippen LogP contribution in [-0.4, -0.2) is 46.4 Å². The second-order valence-corrected chi connectivity index (χ2v) is 7.73. The van der Waals surface area contributed by atoms with Gasteiger partial charge in [-0.25, -0.2) is 8.42 Å². The van der Waals surface area contributed by atoms with Gasteiger partial charge >= 0.3 is 0 Å². The lowest BCUT2D eigenvalue weighted by molar-refractivity contribution is 0.0772. The van der Waals surface area contributed by atoms with E-state index in [4.69, 9.17) is 0 Å². The number of hydrogen-bond donors (Lipinski definition) is 1. The zero-order chi connectivity index (χ0) is 19.3. The number of benzene rings is 2. The molecule has 2 rings (SSSR count). The van der Waals surface area contributed by atoms with Gasteiger partial charge in [0.1, 0.15) is 0 Å². The van der Waals surface area contributed by atoms with Crippen LogP contribution in [0.15, 0.2) is 53.4 Å². The number of sulfonamides is 1. The van der Waals surface area contributed by atoms with Crippen LogP contribution < -0.4 is 9.62 Å². The molecule has 0 unspecified atom stereocenters. The normalized spacial score (nSPS) is 11.1. The summed E-state index contributed by atoms with van der Waals surface area (Å²) >= 11 is 0. The molecule has 7 heteroatoms. The van der Waals surface area contributed by atoms with Crippen molar-refractivity contribution >= 4 is 27.3 Å². The highest BCUT2D eigenvalue weighted by molar-refractivity contribution is 7.92. The van der Waals surface area contributed by atoms with Crippen LogP contribution in [0.2, 0.25) is 0 Å². The molecule has 0 saturated carbocycles. The standard InChI is InChI=1S/C19H25N3O3S/c1-5-22(6-2)19(23)15-8-7-9-18(14-15)26(24,25)20-16-10-12-17(13-11-16)21(3)4/h7-14,20H,5-6H2,1-4H3. The minimum absolute atomic E-state index is 0.0622. The first-order chi connectivity index (χ1) is 12.3. The van der Waals surface area contributed by atoms with Gasteiger partial charge in [-0.05, 0) is 56.3 Å². The molecule has 0 saturated heterocycles. The van der Waals surface area contributed by atoms with Crippen LogP contribution >= 0.6 is 0 Å². The van der Waals surface area contributed by atoms with Crippen molar-refractivity contribution in [2.75, 3.05) is 36.8 Å². The Morgan fingerprint density at radius 1 is 1.00 bits per heavy atom. The lowest BCUT2D eigenvalue weighted by atomic mass is 10.2. The second-order valence-electron chi connectivity index (χ2n) is 6.05. The Morgan fingerprint density at radius 2 is 1.62 bits per heavy atom. The molecule has 2 aromatic rings. The van der Waals surface area contributed by atoms with E-state index < -0.39 is 10.0 Å². The van der Waals surface area contributed by atoms with Gasteiger partial charge in [0, 0.05) is 44.1 Å². The van der Waals surface area contributed by atoms with Gasteiger partial charge in [-0.3, -0.25) is 9.52 Å². The highest BCUT2D eigenvalue weighted by atomic mass is 32.2. The Balaban J connectivity index is 2.26. The van der Waals surface area contributed by atoms with Crippen LogP contribution in [0, 0.1) is 0 Å². The van der Waals surface area contributed by atoms with Crippen LogP contribution in [0.4, 0.5) is 11.4 Å². The molecular formula is C19H25N3O3S. The number of anilines is 2. The lowest BCUT2D eigenvalue weighted by Crippen LogP contribution is -2.30. The zero-order valence-corrected chi connectivity index (χ0v) is 16.4. The summed E-state index contributed by atoms with van der Waals surface area (Å²) in [6.45, 7) is 4.92. The van der Waals surface area contributed by atoms with E-state index in [1.54, 1.807) is 29.2 Å². The van der Waals surface area contributed by atoms with Crippen LogP contribution in [0.3, 0.4) is 0 Å². The Bertz CT molecular complexity index is 858. The van der Waals surface area contributed by atoms with Gasteiger partial charge in [-0.2, -0.15) is 0 Å². The van der Waals surface area contributed by atoms with Gasteiger partial charge in [0.25, 0.3) is 15.9 Å². The summed E-state index contributed by atoms with van der Waals surface area (Å²) in [7, 11) is 0.0526. The van der Waals surface area contributed by atoms with E-state index in [2.05, 4.69) is 4.72 Å². The van der Waals surface area contributed by atoms with E-state index in [1.807, 2.05) is 45.0 Å². The molecule has 0 atom stereocenters. The van der Waals surface area contributed by atoms with Gasteiger partial charge in [-0.1, -0.05) is 6.07 Å². The maximum Gasteiger partial charge on any atom is 0.261 e. The summed E-state index contributed by atoms with van der Waals surface area (Å²) in [6, 6.07) is 13.2. The molecule has 0 fully saturated rings. The van der Waals surface area contributed by atoms with Crippen molar-refractivity contribution in [2.24, 2.45) is 0 Å². The predicted molar refractivity (Wildman–Crippen MR) is 105 cm³/mol. The molecule has 2 aromatic carbocycles. The molecule has 1 amide bonds. The Hall–Kier alpha value is -2.54. The molecule has 0 bridgehead atoms. The largest absolute Gasteiger partial charge is 0.378 e. The first kappa shape index (κ1) is 19.8. The van der Waals surface area contributed by atoms with Gasteiger partial charge in [0.2, 0.25) is 0 Å². The number of carbonyl (C=O) groups is 1. The number of hydrogen-bond acceptors (Lipinski definition) is 4. The molecule has 0 aromatic heterocycles. The van der Waals surface area contributed by atoms with E-state index in [0.717, 1.165) is 5.69 Å². The third-order valence-electron chi connectivity index (χ3n) is 4.08. The van der Waals surface area contributed by atoms with Crippen molar-refractivity contribution in [2.45, 2.75) is 18.7 Å². The van der Waals surface area contributed by atoms with Crippen molar-refractivity contribution in [3.05, 3.63) is 54.1 Å². The Labute approximate surface area is 155 Å². The van der Waals surface area contributed by atoms with Crippen molar-refractivity contribution in [3.8, 4) is 0 Å². The summed E-state index contributed by atoms with van der Waals surface area (Å²) in [5.41, 5.74) is 1.80. The zero-order valence-electron chi connectivity index (χ0n) is 15.6. The quantitative estimate of drug-likeness (QED) is 0.808. The van der Waals surface area contributed by atoms with Crippen molar-refractivity contribution in [1.29, 1.82) is 0 Å². The SMILES string of the molecule is CCN(CC)C(=O)c1cccc(S(=O)(=O)Nc2ccc(N(C)C)cc2)c1. The molecule has 0 heterocycles. The summed E-state index contributed by atoms with van der Waals surface area (Å²) in [4.78, 5) is 16.1. The molecule has 0 aliphatic heterocycles. The fourth-order valence-electron chi connectivity index (χ4n) is 2.53. The first-order valence-electron chi connectivity index (χ1n) is 8.48. The first-order valence-corrected chi connectivity index (χ1v) is 9.96. The summed E-state index contributed by atoms with van der Waals surface area (Å²) in [6.07, 6.45) is 0. The average Bonchev–Trinajstić information content (AvgIpc) is 2.63. The van der Waals surface area contributed by atoms with E-state index in [-0.39, 0.29) is 10.8 Å². The molecule has 26 heavy (non-hydrogen) atoms. The smallest absolute Gasteiger partial charge is 0.261 e. The van der Waals surface area contributed by atoms with Crippen LogP contribution in [-0.2, 0) is 10.0 Å². The fourth-order valence-corrected chi connectivity index (χ4v) is 3.64. The minimum atomic E-state index is -3.78. The van der Waals surface area contributed by atoms with E-state index in [1.165, 1.54) is 12.1 Å². The summed E-state index contributed by atoms with van der Waals surface area (Å²) in [5, 5.41) is 0. The topological polar surface area (TPSA) is 69.7 Å². The van der Waals surface area contributed by atoms with Gasteiger partial charge < -0.3 is 9.80 Å². The van der Waals surface area contributed by atoms with Gasteiger partial charge in [0.15, 0.2) is 0 Å². The molecule has 0 aliphatic carbocycles. The van der Waals surface area contributed by atoms with Gasteiger partial charge in [0.05, 0.1) is 4.90 Å². The molecule has 1 N–H and O–H groups in total. The van der Waals surface area contributed by atoms with Crippen LogP contribution in [0.5, 0.6) is 0 Å². The van der Waals surface area contributed by atoms with Crippen molar-refractivity contribution < 1.29 is 13.2 Å². The number of amides is 1. The van der Waals surface area contributed by atoms with Gasteiger partial charge in [-0.15, -0.1) is 0 Å². The third-order valence-corrected chi connectivity index (χ3v) is 5.46. The fraction of sp³-hybridized carbons (Fsp3) is 0.316. The highest BCUT2D eigenvalue weighted by Crippen LogP contribution is 2.20. The Morgan fingerprint density at radius 3 is 2.15 bits per heavy atom. The molecule has 140 valence electrons. The highest BCUT2D eigenvalue weighted by Gasteiger charge is 2.18. The number of rotatable bonds is 7. The van der Waals surface area contributed by atoms with Crippen LogP contribution in [0.25, 0.3) is 0 Å². The monoisotopic (exact) mass is 375 g/mol. The molecule has 0 aliphatic rings. The minimum Gasteiger partial charge on any atom is -0.378 e. The lowest BCUT2D eigenvalue weighted by Gasteiger charge is -2.19. The maximum atomic E-state index is 12.7. The average molecular weight is 375 g/mol. The van der Waals surface area contributed by atoms with Crippen LogP contribution in [0.1, 0.15) is 24.2 Å². The third kappa shape index (κ3) is 4.54. The van der Waals surface area contributed by atoms with Crippen molar-refractivity contribution in [3.63, 3.8) is 0 Å². The Kier molecular flexibility index (Phi) is 6.26. The number of nitrogens with one attached hydrogen (secondary N) is 1. The van der Waals surface area contributed by atoms with Crippen molar-refractivity contribution in [1.82, 2.24) is 4.90 Å².